The van der Waals surface area contributed by atoms with E-state index in [0.29, 0.717) is 24.9 Å². The Labute approximate surface area is 172 Å². The van der Waals surface area contributed by atoms with E-state index in [1.807, 2.05) is 30.3 Å². The topological polar surface area (TPSA) is 54.6 Å². The van der Waals surface area contributed by atoms with Crippen molar-refractivity contribution in [2.75, 3.05) is 39.3 Å². The lowest BCUT2D eigenvalue weighted by molar-refractivity contribution is 0.104. The van der Waals surface area contributed by atoms with Crippen molar-refractivity contribution >= 4 is 0 Å². The normalized spacial score (nSPS) is 15.5. The molecule has 6 nitrogen and oxygen atoms in total. The highest BCUT2D eigenvalue weighted by molar-refractivity contribution is 5.54. The van der Waals surface area contributed by atoms with Gasteiger partial charge in [0.25, 0.3) is 0 Å². The Morgan fingerprint density at radius 3 is 2.38 bits per heavy atom. The van der Waals surface area contributed by atoms with Gasteiger partial charge in [-0.15, -0.1) is 0 Å². The second-order valence-corrected chi connectivity index (χ2v) is 7.34. The molecule has 0 radical (unpaired) electrons. The maximum absolute atomic E-state index is 5.80. The first-order chi connectivity index (χ1) is 14.3. The third-order valence-corrected chi connectivity index (χ3v) is 5.33. The molecule has 3 aromatic rings. The molecule has 1 aliphatic rings. The summed E-state index contributed by atoms with van der Waals surface area (Å²) in [6, 6.07) is 18.3. The molecule has 0 atom stereocenters. The molecule has 152 valence electrons. The molecule has 4 rings (SSSR count). The Morgan fingerprint density at radius 1 is 0.931 bits per heavy atom. The van der Waals surface area contributed by atoms with Crippen molar-refractivity contribution in [3.8, 4) is 17.1 Å². The van der Waals surface area contributed by atoms with Crippen molar-refractivity contribution in [2.45, 2.75) is 19.9 Å². The molecule has 0 saturated carbocycles. The maximum Gasteiger partial charge on any atom is 0.241 e. The van der Waals surface area contributed by atoms with Gasteiger partial charge in [0.1, 0.15) is 12.4 Å². The Hall–Kier alpha value is -2.70. The first-order valence-corrected chi connectivity index (χ1v) is 10.3. The Balaban J connectivity index is 1.21. The minimum Gasteiger partial charge on any atom is -0.492 e. The zero-order chi connectivity index (χ0) is 19.9. The van der Waals surface area contributed by atoms with Crippen LogP contribution in [0.15, 0.2) is 59.1 Å². The van der Waals surface area contributed by atoms with Crippen molar-refractivity contribution in [1.29, 1.82) is 0 Å². The summed E-state index contributed by atoms with van der Waals surface area (Å²) < 4.78 is 11.3. The van der Waals surface area contributed by atoms with Crippen LogP contribution in [-0.4, -0.2) is 59.3 Å². The fraction of sp³-hybridized carbons (Fsp3) is 0.391. The molecule has 6 heteroatoms. The van der Waals surface area contributed by atoms with Crippen LogP contribution in [0.2, 0.25) is 0 Å². The molecule has 1 aliphatic heterocycles. The van der Waals surface area contributed by atoms with E-state index >= 15 is 0 Å². The fourth-order valence-corrected chi connectivity index (χ4v) is 3.50. The monoisotopic (exact) mass is 392 g/mol. The van der Waals surface area contributed by atoms with Crippen molar-refractivity contribution in [2.24, 2.45) is 0 Å². The lowest BCUT2D eigenvalue weighted by Crippen LogP contribution is -2.47. The molecule has 0 spiro atoms. The van der Waals surface area contributed by atoms with Crippen molar-refractivity contribution in [1.82, 2.24) is 19.9 Å². The van der Waals surface area contributed by atoms with E-state index in [0.717, 1.165) is 50.5 Å². The van der Waals surface area contributed by atoms with Crippen LogP contribution in [0.25, 0.3) is 11.4 Å². The van der Waals surface area contributed by atoms with Crippen molar-refractivity contribution in [3.05, 3.63) is 66.1 Å². The van der Waals surface area contributed by atoms with Gasteiger partial charge < -0.3 is 9.26 Å². The minimum absolute atomic E-state index is 0.666. The Morgan fingerprint density at radius 2 is 1.66 bits per heavy atom. The number of nitrogens with zero attached hydrogens (tertiary/aromatic N) is 4. The molecule has 0 amide bonds. The maximum atomic E-state index is 5.80. The van der Waals surface area contributed by atoms with Crippen LogP contribution >= 0.6 is 0 Å². The molecular formula is C23H28N4O2. The van der Waals surface area contributed by atoms with Gasteiger partial charge in [0, 0.05) is 38.3 Å². The number of benzene rings is 2. The van der Waals surface area contributed by atoms with E-state index < -0.39 is 0 Å². The van der Waals surface area contributed by atoms with Gasteiger partial charge in [0.05, 0.1) is 6.54 Å². The largest absolute Gasteiger partial charge is 0.492 e. The van der Waals surface area contributed by atoms with Gasteiger partial charge in [0.15, 0.2) is 0 Å². The third kappa shape index (κ3) is 5.43. The molecule has 1 aromatic heterocycles. The molecular weight excluding hydrogens is 364 g/mol. The predicted molar refractivity (Wildman–Crippen MR) is 113 cm³/mol. The number of aryl methyl sites for hydroxylation is 1. The van der Waals surface area contributed by atoms with Gasteiger partial charge >= 0.3 is 0 Å². The van der Waals surface area contributed by atoms with Crippen molar-refractivity contribution in [3.63, 3.8) is 0 Å². The quantitative estimate of drug-likeness (QED) is 0.585. The van der Waals surface area contributed by atoms with Gasteiger partial charge in [-0.2, -0.15) is 4.98 Å². The number of rotatable bonds is 8. The first kappa shape index (κ1) is 19.6. The molecule has 0 N–H and O–H groups in total. The number of piperazine rings is 1. The molecule has 0 aliphatic carbocycles. The fourth-order valence-electron chi connectivity index (χ4n) is 3.50. The molecule has 2 aromatic carbocycles. The standard InChI is InChI=1S/C23H28N4O2/c1-2-19-8-10-20(11-9-19)23-24-22(29-25-23)18-27-14-12-26(13-15-27)16-17-28-21-6-4-3-5-7-21/h3-11H,2,12-18H2,1H3. The zero-order valence-corrected chi connectivity index (χ0v) is 17.0. The lowest BCUT2D eigenvalue weighted by atomic mass is 10.1. The zero-order valence-electron chi connectivity index (χ0n) is 17.0. The number of ether oxygens (including phenoxy) is 1. The van der Waals surface area contributed by atoms with Gasteiger partial charge in [-0.25, -0.2) is 0 Å². The summed E-state index contributed by atoms with van der Waals surface area (Å²) in [6.45, 7) is 8.55. The van der Waals surface area contributed by atoms with Crippen LogP contribution in [0.4, 0.5) is 0 Å². The summed E-state index contributed by atoms with van der Waals surface area (Å²) in [4.78, 5) is 9.38. The van der Waals surface area contributed by atoms with E-state index in [4.69, 9.17) is 9.26 Å². The number of hydrogen-bond acceptors (Lipinski definition) is 6. The van der Waals surface area contributed by atoms with E-state index in [1.54, 1.807) is 0 Å². The summed E-state index contributed by atoms with van der Waals surface area (Å²) >= 11 is 0. The SMILES string of the molecule is CCc1ccc(-c2noc(CN3CCN(CCOc4ccccc4)CC3)n2)cc1. The van der Waals surface area contributed by atoms with Gasteiger partial charge in [-0.1, -0.05) is 54.5 Å². The number of para-hydroxylation sites is 1. The third-order valence-electron chi connectivity index (χ3n) is 5.33. The molecule has 0 unspecified atom stereocenters. The van der Waals surface area contributed by atoms with Gasteiger partial charge in [-0.05, 0) is 24.1 Å². The van der Waals surface area contributed by atoms with Crippen LogP contribution in [-0.2, 0) is 13.0 Å². The van der Waals surface area contributed by atoms with Crippen molar-refractivity contribution < 1.29 is 9.26 Å². The van der Waals surface area contributed by atoms with E-state index in [2.05, 4.69) is 51.1 Å². The van der Waals surface area contributed by atoms with Crippen LogP contribution in [0.3, 0.4) is 0 Å². The molecule has 1 saturated heterocycles. The second-order valence-electron chi connectivity index (χ2n) is 7.34. The Bertz CT molecular complexity index is 871. The van der Waals surface area contributed by atoms with Gasteiger partial charge in [0.2, 0.25) is 11.7 Å². The number of hydrogen-bond donors (Lipinski definition) is 0. The highest BCUT2D eigenvalue weighted by atomic mass is 16.5. The first-order valence-electron chi connectivity index (χ1n) is 10.3. The highest BCUT2D eigenvalue weighted by Gasteiger charge is 2.19. The van der Waals surface area contributed by atoms with E-state index in [1.165, 1.54) is 5.56 Å². The smallest absolute Gasteiger partial charge is 0.241 e. The summed E-state index contributed by atoms with van der Waals surface area (Å²) in [5.41, 5.74) is 2.31. The summed E-state index contributed by atoms with van der Waals surface area (Å²) in [5.74, 6) is 2.28. The molecule has 0 bridgehead atoms. The summed E-state index contributed by atoms with van der Waals surface area (Å²) in [5, 5.41) is 4.15. The Kier molecular flexibility index (Phi) is 6.54. The molecule has 2 heterocycles. The summed E-state index contributed by atoms with van der Waals surface area (Å²) in [6.07, 6.45) is 1.03. The van der Waals surface area contributed by atoms with Crippen LogP contribution in [0.5, 0.6) is 5.75 Å². The van der Waals surface area contributed by atoms with Crippen LogP contribution in [0.1, 0.15) is 18.4 Å². The number of aromatic nitrogens is 2. The molecule has 29 heavy (non-hydrogen) atoms. The van der Waals surface area contributed by atoms with E-state index in [-0.39, 0.29) is 0 Å². The molecule has 1 fully saturated rings. The second kappa shape index (κ2) is 9.67. The average Bonchev–Trinajstić information content (AvgIpc) is 3.24. The predicted octanol–water partition coefficient (Wildman–Crippen LogP) is 3.50. The average molecular weight is 393 g/mol. The lowest BCUT2D eigenvalue weighted by Gasteiger charge is -2.33. The summed E-state index contributed by atoms with van der Waals surface area (Å²) in [7, 11) is 0. The minimum atomic E-state index is 0.666. The van der Waals surface area contributed by atoms with Crippen LogP contribution < -0.4 is 4.74 Å². The van der Waals surface area contributed by atoms with Crippen LogP contribution in [0, 0.1) is 0 Å². The van der Waals surface area contributed by atoms with E-state index in [9.17, 15) is 0 Å². The highest BCUT2D eigenvalue weighted by Crippen LogP contribution is 2.18. The van der Waals surface area contributed by atoms with Gasteiger partial charge in [-0.3, -0.25) is 9.80 Å².